The molecule has 0 saturated heterocycles. The molecule has 1 atom stereocenters. The highest BCUT2D eigenvalue weighted by atomic mass is 15.2. The van der Waals surface area contributed by atoms with E-state index in [1.807, 2.05) is 0 Å². The third kappa shape index (κ3) is 4.37. The number of nitrogens with zero attached hydrogens (tertiary/aromatic N) is 1. The fourth-order valence-corrected chi connectivity index (χ4v) is 2.93. The largest absolute Gasteiger partial charge is 0.371 e. The van der Waals surface area contributed by atoms with E-state index in [1.54, 1.807) is 5.57 Å². The molecule has 102 valence electrons. The van der Waals surface area contributed by atoms with Crippen molar-refractivity contribution in [2.45, 2.75) is 74.3 Å². The van der Waals surface area contributed by atoms with Gasteiger partial charge in [-0.1, -0.05) is 27.7 Å². The Hall–Kier alpha value is -0.460. The van der Waals surface area contributed by atoms with Crippen molar-refractivity contribution in [3.8, 4) is 0 Å². The molecule has 0 spiro atoms. The zero-order valence-electron chi connectivity index (χ0n) is 13.5. The number of hydrogen-bond acceptors (Lipinski definition) is 1. The summed E-state index contributed by atoms with van der Waals surface area (Å²) >= 11 is 0. The van der Waals surface area contributed by atoms with Crippen molar-refractivity contribution in [1.82, 2.24) is 4.90 Å². The normalized spacial score (nSPS) is 15.9. The average Bonchev–Trinajstić information content (AvgIpc) is 2.15. The topological polar surface area (TPSA) is 3.24 Å². The Kier molecular flexibility index (Phi) is 6.29. The molecule has 0 amide bonds. The fourth-order valence-electron chi connectivity index (χ4n) is 2.93. The van der Waals surface area contributed by atoms with Crippen LogP contribution in [0.4, 0.5) is 0 Å². The Morgan fingerprint density at radius 3 is 1.76 bits per heavy atom. The highest BCUT2D eigenvalue weighted by Crippen LogP contribution is 2.30. The van der Waals surface area contributed by atoms with Crippen LogP contribution in [0, 0.1) is 11.8 Å². The quantitative estimate of drug-likeness (QED) is 0.646. The van der Waals surface area contributed by atoms with E-state index in [2.05, 4.69) is 67.2 Å². The molecule has 0 heterocycles. The molecule has 0 radical (unpaired) electrons. The fraction of sp³-hybridized carbons (Fsp3) is 0.875. The average molecular weight is 239 g/mol. The molecule has 1 nitrogen and oxygen atoms in total. The standard InChI is InChI=1S/C16H33N/c1-10-13(5)15(12(3)4)14(6)17(11-2)16(7,8)9/h12-13H,10-11H2,1-9H3/b15-14-. The molecule has 0 aromatic carbocycles. The van der Waals surface area contributed by atoms with Gasteiger partial charge in [0.2, 0.25) is 0 Å². The lowest BCUT2D eigenvalue weighted by atomic mass is 9.86. The van der Waals surface area contributed by atoms with Gasteiger partial charge in [0.25, 0.3) is 0 Å². The van der Waals surface area contributed by atoms with E-state index < -0.39 is 0 Å². The van der Waals surface area contributed by atoms with E-state index in [1.165, 1.54) is 12.1 Å². The van der Waals surface area contributed by atoms with Crippen LogP contribution in [0.25, 0.3) is 0 Å². The van der Waals surface area contributed by atoms with Crippen molar-refractivity contribution in [3.05, 3.63) is 11.3 Å². The Morgan fingerprint density at radius 2 is 1.53 bits per heavy atom. The Morgan fingerprint density at radius 1 is 1.06 bits per heavy atom. The van der Waals surface area contributed by atoms with Crippen molar-refractivity contribution < 1.29 is 0 Å². The Bertz CT molecular complexity index is 255. The maximum absolute atomic E-state index is 2.54. The third-order valence-electron chi connectivity index (χ3n) is 3.71. The summed E-state index contributed by atoms with van der Waals surface area (Å²) in [6, 6.07) is 0. The van der Waals surface area contributed by atoms with Crippen LogP contribution in [0.2, 0.25) is 0 Å². The maximum atomic E-state index is 2.54. The van der Waals surface area contributed by atoms with Gasteiger partial charge < -0.3 is 4.90 Å². The van der Waals surface area contributed by atoms with Crippen molar-refractivity contribution in [2.24, 2.45) is 11.8 Å². The molecule has 17 heavy (non-hydrogen) atoms. The van der Waals surface area contributed by atoms with Crippen LogP contribution in [0.1, 0.15) is 68.7 Å². The molecule has 0 fully saturated rings. The molecular formula is C16H33N. The van der Waals surface area contributed by atoms with Crippen LogP contribution in [-0.4, -0.2) is 17.0 Å². The summed E-state index contributed by atoms with van der Waals surface area (Å²) in [6.45, 7) is 21.8. The summed E-state index contributed by atoms with van der Waals surface area (Å²) in [6.07, 6.45) is 1.23. The predicted molar refractivity (Wildman–Crippen MR) is 79.1 cm³/mol. The van der Waals surface area contributed by atoms with Gasteiger partial charge in [0.1, 0.15) is 0 Å². The van der Waals surface area contributed by atoms with Crippen molar-refractivity contribution in [3.63, 3.8) is 0 Å². The second-order valence-corrected chi connectivity index (χ2v) is 6.42. The van der Waals surface area contributed by atoms with Gasteiger partial charge >= 0.3 is 0 Å². The lowest BCUT2D eigenvalue weighted by Gasteiger charge is -2.40. The molecule has 0 aliphatic rings. The smallest absolute Gasteiger partial charge is 0.0314 e. The molecule has 0 bridgehead atoms. The van der Waals surface area contributed by atoms with E-state index >= 15 is 0 Å². The molecule has 1 heteroatoms. The van der Waals surface area contributed by atoms with Crippen LogP contribution < -0.4 is 0 Å². The van der Waals surface area contributed by atoms with Gasteiger partial charge in [-0.3, -0.25) is 0 Å². The minimum Gasteiger partial charge on any atom is -0.371 e. The van der Waals surface area contributed by atoms with Gasteiger partial charge in [-0.2, -0.15) is 0 Å². The van der Waals surface area contributed by atoms with Crippen molar-refractivity contribution >= 4 is 0 Å². The molecule has 0 aromatic rings. The van der Waals surface area contributed by atoms with E-state index in [0.717, 1.165) is 6.54 Å². The maximum Gasteiger partial charge on any atom is 0.0314 e. The molecule has 0 aromatic heterocycles. The molecule has 0 N–H and O–H groups in total. The van der Waals surface area contributed by atoms with Crippen molar-refractivity contribution in [1.29, 1.82) is 0 Å². The summed E-state index contributed by atoms with van der Waals surface area (Å²) in [7, 11) is 0. The Balaban J connectivity index is 5.45. The van der Waals surface area contributed by atoms with Gasteiger partial charge in [0, 0.05) is 17.8 Å². The number of allylic oxidation sites excluding steroid dienone is 2. The summed E-state index contributed by atoms with van der Waals surface area (Å²) in [5.74, 6) is 1.33. The first-order chi connectivity index (χ1) is 7.66. The van der Waals surface area contributed by atoms with Crippen LogP contribution in [0.3, 0.4) is 0 Å². The first-order valence-corrected chi connectivity index (χ1v) is 7.15. The second-order valence-electron chi connectivity index (χ2n) is 6.42. The highest BCUT2D eigenvalue weighted by Gasteiger charge is 2.24. The first kappa shape index (κ1) is 16.5. The summed E-state index contributed by atoms with van der Waals surface area (Å²) in [5, 5.41) is 0. The molecule has 0 aliphatic carbocycles. The summed E-state index contributed by atoms with van der Waals surface area (Å²) in [4.78, 5) is 2.54. The van der Waals surface area contributed by atoms with Crippen molar-refractivity contribution in [2.75, 3.05) is 6.54 Å². The molecule has 1 unspecified atom stereocenters. The zero-order valence-corrected chi connectivity index (χ0v) is 13.5. The van der Waals surface area contributed by atoms with Crippen LogP contribution in [0.15, 0.2) is 11.3 Å². The monoisotopic (exact) mass is 239 g/mol. The molecule has 0 saturated carbocycles. The molecule has 0 aliphatic heterocycles. The lowest BCUT2D eigenvalue weighted by molar-refractivity contribution is 0.189. The van der Waals surface area contributed by atoms with E-state index in [4.69, 9.17) is 0 Å². The van der Waals surface area contributed by atoms with Gasteiger partial charge in [-0.25, -0.2) is 0 Å². The van der Waals surface area contributed by atoms with Gasteiger partial charge in [0.05, 0.1) is 0 Å². The predicted octanol–water partition coefficient (Wildman–Crippen LogP) is 5.08. The molecular weight excluding hydrogens is 206 g/mol. The summed E-state index contributed by atoms with van der Waals surface area (Å²) in [5.41, 5.74) is 3.33. The molecule has 0 rings (SSSR count). The van der Waals surface area contributed by atoms with Gasteiger partial charge in [-0.15, -0.1) is 0 Å². The number of hydrogen-bond donors (Lipinski definition) is 0. The minimum atomic E-state index is 0.215. The van der Waals surface area contributed by atoms with Crippen LogP contribution in [0.5, 0.6) is 0 Å². The zero-order chi connectivity index (χ0) is 13.8. The number of rotatable bonds is 5. The third-order valence-corrected chi connectivity index (χ3v) is 3.71. The van der Waals surface area contributed by atoms with E-state index in [-0.39, 0.29) is 5.54 Å². The lowest BCUT2D eigenvalue weighted by Crippen LogP contribution is -2.41. The van der Waals surface area contributed by atoms with Gasteiger partial charge in [-0.05, 0) is 58.4 Å². The summed E-state index contributed by atoms with van der Waals surface area (Å²) < 4.78 is 0. The van der Waals surface area contributed by atoms with E-state index in [9.17, 15) is 0 Å². The van der Waals surface area contributed by atoms with E-state index in [0.29, 0.717) is 11.8 Å². The first-order valence-electron chi connectivity index (χ1n) is 7.15. The SMILES string of the molecule is CCC(C)/C(=C(/C)N(CC)C(C)(C)C)C(C)C. The minimum absolute atomic E-state index is 0.215. The Labute approximate surface area is 109 Å². The van der Waals surface area contributed by atoms with Gasteiger partial charge in [0.15, 0.2) is 0 Å². The highest BCUT2D eigenvalue weighted by molar-refractivity contribution is 5.17. The van der Waals surface area contributed by atoms with Crippen LogP contribution >= 0.6 is 0 Å². The second kappa shape index (κ2) is 6.47. The van der Waals surface area contributed by atoms with Crippen LogP contribution in [-0.2, 0) is 0 Å².